The fourth-order valence-corrected chi connectivity index (χ4v) is 6.65. The van der Waals surface area contributed by atoms with Gasteiger partial charge in [-0.05, 0) is 38.8 Å². The maximum absolute atomic E-state index is 13.3. The second kappa shape index (κ2) is 11.6. The van der Waals surface area contributed by atoms with Crippen LogP contribution < -0.4 is 14.4 Å². The average molecular weight is 591 g/mol. The van der Waals surface area contributed by atoms with Crippen LogP contribution >= 0.6 is 11.3 Å². The van der Waals surface area contributed by atoms with Crippen molar-refractivity contribution in [1.82, 2.24) is 34.6 Å². The van der Waals surface area contributed by atoms with Gasteiger partial charge in [-0.3, -0.25) is 9.59 Å². The molecule has 4 aromatic rings. The van der Waals surface area contributed by atoms with Crippen molar-refractivity contribution >= 4 is 34.5 Å². The summed E-state index contributed by atoms with van der Waals surface area (Å²) < 4.78 is 12.6. The Kier molecular flexibility index (Phi) is 7.67. The van der Waals surface area contributed by atoms with Gasteiger partial charge < -0.3 is 24.2 Å². The molecular formula is C29H34N8O4S. The number of amides is 2. The van der Waals surface area contributed by atoms with Crippen molar-refractivity contribution in [2.75, 3.05) is 58.4 Å². The van der Waals surface area contributed by atoms with Crippen LogP contribution in [0.15, 0.2) is 29.6 Å². The second-order valence-corrected chi connectivity index (χ2v) is 11.5. The fraction of sp³-hybridized carbons (Fsp3) is 0.448. The highest BCUT2D eigenvalue weighted by Gasteiger charge is 2.30. The van der Waals surface area contributed by atoms with Crippen LogP contribution in [0, 0.1) is 13.8 Å². The molecule has 1 aromatic carbocycles. The molecule has 0 atom stereocenters. The number of carbonyl (C=O) groups excluding carboxylic acids is 2. The lowest BCUT2D eigenvalue weighted by Crippen LogP contribution is -2.49. The van der Waals surface area contributed by atoms with Crippen LogP contribution in [0.5, 0.6) is 11.5 Å². The molecule has 2 saturated heterocycles. The minimum Gasteiger partial charge on any atom is -0.497 e. The first-order chi connectivity index (χ1) is 20.4. The number of benzene rings is 1. The molecule has 0 spiro atoms. The number of rotatable bonds is 6. The van der Waals surface area contributed by atoms with E-state index in [0.29, 0.717) is 62.0 Å². The molecule has 0 bridgehead atoms. The molecular weight excluding hydrogens is 556 g/mol. The van der Waals surface area contributed by atoms with Gasteiger partial charge in [0.2, 0.25) is 0 Å². The number of hydrogen-bond acceptors (Lipinski definition) is 10. The predicted molar refractivity (Wildman–Crippen MR) is 158 cm³/mol. The molecule has 0 N–H and O–H groups in total. The highest BCUT2D eigenvalue weighted by molar-refractivity contribution is 7.09. The number of fused-ring (bicyclic) bond motifs is 1. The first kappa shape index (κ1) is 27.9. The van der Waals surface area contributed by atoms with Crippen LogP contribution in [0.4, 0.5) is 5.69 Å². The number of thiazole rings is 1. The van der Waals surface area contributed by atoms with E-state index < -0.39 is 0 Å². The summed E-state index contributed by atoms with van der Waals surface area (Å²) in [6.07, 6.45) is 1.57. The minimum absolute atomic E-state index is 0.0373. The quantitative estimate of drug-likeness (QED) is 0.334. The number of carbonyl (C=O) groups is 2. The molecule has 0 saturated carbocycles. The molecule has 42 heavy (non-hydrogen) atoms. The summed E-state index contributed by atoms with van der Waals surface area (Å²) >= 11 is 1.53. The molecule has 2 amide bonds. The lowest BCUT2D eigenvalue weighted by atomic mass is 9.97. The molecule has 0 radical (unpaired) electrons. The first-order valence-corrected chi connectivity index (χ1v) is 14.9. The largest absolute Gasteiger partial charge is 0.497 e. The van der Waals surface area contributed by atoms with Gasteiger partial charge in [0, 0.05) is 62.7 Å². The third kappa shape index (κ3) is 5.24. The number of likely N-dealkylation sites (tertiary alicyclic amines) is 1. The Morgan fingerprint density at radius 2 is 1.64 bits per heavy atom. The zero-order chi connectivity index (χ0) is 29.4. The summed E-state index contributed by atoms with van der Waals surface area (Å²) in [4.78, 5) is 37.2. The number of anilines is 1. The van der Waals surface area contributed by atoms with Crippen molar-refractivity contribution in [1.29, 1.82) is 0 Å². The lowest BCUT2D eigenvalue weighted by Gasteiger charge is -2.36. The molecule has 13 heteroatoms. The maximum atomic E-state index is 13.3. The van der Waals surface area contributed by atoms with E-state index in [1.807, 2.05) is 53.3 Å². The van der Waals surface area contributed by atoms with Crippen LogP contribution in [0.3, 0.4) is 0 Å². The molecule has 220 valence electrons. The number of aryl methyl sites for hydroxylation is 2. The van der Waals surface area contributed by atoms with Crippen LogP contribution in [-0.2, 0) is 0 Å². The SMILES string of the molecule is COc1ccc(N2CCN(C(=O)c3csc(C4CCN(C(=O)c5nnc6cc(C)nn6c5C)CC4)n3)CC2)c(OC)c1. The van der Waals surface area contributed by atoms with Crippen LogP contribution in [-0.4, -0.2) is 99.9 Å². The standard InChI is InChI=1S/C29H34N8O4S/c1-18-15-25-31-32-26(19(2)37(25)33-18)29(39)35-9-7-20(8-10-35)27-30-22(17-42-27)28(38)36-13-11-34(12-14-36)23-6-5-21(40-3)16-24(23)41-4/h5-6,15-17,20H,7-14H2,1-4H3. The van der Waals surface area contributed by atoms with E-state index in [1.165, 1.54) is 11.3 Å². The van der Waals surface area contributed by atoms with Crippen molar-refractivity contribution in [3.05, 3.63) is 57.4 Å². The number of piperazine rings is 1. The second-order valence-electron chi connectivity index (χ2n) is 10.6. The predicted octanol–water partition coefficient (Wildman–Crippen LogP) is 3.20. The topological polar surface area (TPSA) is 118 Å². The van der Waals surface area contributed by atoms with Gasteiger partial charge in [-0.15, -0.1) is 21.5 Å². The number of methoxy groups -OCH3 is 2. The van der Waals surface area contributed by atoms with E-state index in [4.69, 9.17) is 14.5 Å². The van der Waals surface area contributed by atoms with Gasteiger partial charge in [-0.25, -0.2) is 9.50 Å². The van der Waals surface area contributed by atoms with E-state index in [2.05, 4.69) is 20.2 Å². The Morgan fingerprint density at radius 3 is 2.36 bits per heavy atom. The molecule has 2 aliphatic rings. The molecule has 0 unspecified atom stereocenters. The number of piperidine rings is 1. The normalized spacial score (nSPS) is 16.2. The molecule has 12 nitrogen and oxygen atoms in total. The Hall–Kier alpha value is -4.26. The van der Waals surface area contributed by atoms with E-state index >= 15 is 0 Å². The van der Waals surface area contributed by atoms with E-state index in [0.717, 1.165) is 40.7 Å². The number of ether oxygens (including phenoxy) is 2. The molecule has 3 aromatic heterocycles. The average Bonchev–Trinajstić information content (AvgIpc) is 3.68. The summed E-state index contributed by atoms with van der Waals surface area (Å²) in [7, 11) is 3.28. The van der Waals surface area contributed by atoms with E-state index in [9.17, 15) is 9.59 Å². The molecule has 0 aliphatic carbocycles. The Balaban J connectivity index is 1.04. The molecule has 2 fully saturated rings. The summed E-state index contributed by atoms with van der Waals surface area (Å²) in [5.74, 6) is 1.54. The van der Waals surface area contributed by atoms with Crippen molar-refractivity contribution < 1.29 is 19.1 Å². The van der Waals surface area contributed by atoms with Gasteiger partial charge in [-0.2, -0.15) is 5.10 Å². The number of aromatic nitrogens is 5. The van der Waals surface area contributed by atoms with E-state index in [1.54, 1.807) is 18.7 Å². The Morgan fingerprint density at radius 1 is 0.905 bits per heavy atom. The Labute approximate surface area is 247 Å². The van der Waals surface area contributed by atoms with E-state index in [-0.39, 0.29) is 17.7 Å². The number of nitrogens with zero attached hydrogens (tertiary/aromatic N) is 8. The fourth-order valence-electron chi connectivity index (χ4n) is 5.69. The van der Waals surface area contributed by atoms with Crippen molar-refractivity contribution in [3.63, 3.8) is 0 Å². The Bertz CT molecular complexity index is 1620. The molecule has 6 rings (SSSR count). The maximum Gasteiger partial charge on any atom is 0.276 e. The lowest BCUT2D eigenvalue weighted by molar-refractivity contribution is 0.0703. The monoisotopic (exact) mass is 590 g/mol. The summed E-state index contributed by atoms with van der Waals surface area (Å²) in [5.41, 5.74) is 3.97. The van der Waals surface area contributed by atoms with Gasteiger partial charge in [0.15, 0.2) is 11.3 Å². The highest BCUT2D eigenvalue weighted by Crippen LogP contribution is 2.34. The van der Waals surface area contributed by atoms with Crippen molar-refractivity contribution in [2.24, 2.45) is 0 Å². The van der Waals surface area contributed by atoms with Gasteiger partial charge in [0.05, 0.1) is 36.3 Å². The highest BCUT2D eigenvalue weighted by atomic mass is 32.1. The van der Waals surface area contributed by atoms with Gasteiger partial charge in [0.1, 0.15) is 17.2 Å². The third-order valence-corrected chi connectivity index (χ3v) is 9.10. The smallest absolute Gasteiger partial charge is 0.276 e. The molecule has 2 aliphatic heterocycles. The summed E-state index contributed by atoms with van der Waals surface area (Å²) in [6, 6.07) is 7.63. The van der Waals surface area contributed by atoms with Gasteiger partial charge in [-0.1, -0.05) is 0 Å². The van der Waals surface area contributed by atoms with Crippen molar-refractivity contribution in [3.8, 4) is 11.5 Å². The molecule has 5 heterocycles. The van der Waals surface area contributed by atoms with Crippen LogP contribution in [0.25, 0.3) is 5.65 Å². The summed E-state index contributed by atoms with van der Waals surface area (Å²) in [6.45, 7) is 7.54. The van der Waals surface area contributed by atoms with Crippen molar-refractivity contribution in [2.45, 2.75) is 32.6 Å². The zero-order valence-corrected chi connectivity index (χ0v) is 25.1. The third-order valence-electron chi connectivity index (χ3n) is 8.10. The van der Waals surface area contributed by atoms with Gasteiger partial charge in [0.25, 0.3) is 11.8 Å². The zero-order valence-electron chi connectivity index (χ0n) is 24.2. The van der Waals surface area contributed by atoms with Crippen LogP contribution in [0.1, 0.15) is 56.1 Å². The van der Waals surface area contributed by atoms with Gasteiger partial charge >= 0.3 is 0 Å². The summed E-state index contributed by atoms with van der Waals surface area (Å²) in [5, 5.41) is 15.6. The van der Waals surface area contributed by atoms with Crippen LogP contribution in [0.2, 0.25) is 0 Å². The number of hydrogen-bond donors (Lipinski definition) is 0. The minimum atomic E-state index is -0.130. The first-order valence-electron chi connectivity index (χ1n) is 14.1.